The molecule has 1 atom stereocenters. The standard InChI is InChI=1S/C32H53NO2/c1-3-4-5-6-7-8-9-10-11-12-13-14-28(26-33)30(34)25-27-15-17-29(18-16-27)31-19-22-32(35-2,23-20-31)24-21-31/h15-18,28H,3-14,19-26,33H2,1-2H3. The Bertz CT molecular complexity index is 716. The van der Waals surface area contributed by atoms with Gasteiger partial charge in [-0.3, -0.25) is 4.79 Å². The lowest BCUT2D eigenvalue weighted by atomic mass is 9.56. The topological polar surface area (TPSA) is 52.3 Å². The molecule has 0 aliphatic heterocycles. The number of methoxy groups -OCH3 is 1. The fraction of sp³-hybridized carbons (Fsp3) is 0.781. The fourth-order valence-corrected chi connectivity index (χ4v) is 6.68. The van der Waals surface area contributed by atoms with Crippen molar-refractivity contribution in [1.29, 1.82) is 0 Å². The zero-order valence-corrected chi connectivity index (χ0v) is 22.9. The van der Waals surface area contributed by atoms with Gasteiger partial charge in [-0.05, 0) is 61.5 Å². The third-order valence-corrected chi connectivity index (χ3v) is 9.45. The zero-order chi connectivity index (χ0) is 25.0. The van der Waals surface area contributed by atoms with E-state index in [-0.39, 0.29) is 11.5 Å². The van der Waals surface area contributed by atoms with Crippen molar-refractivity contribution in [2.75, 3.05) is 13.7 Å². The van der Waals surface area contributed by atoms with Gasteiger partial charge < -0.3 is 10.5 Å². The molecular formula is C32H53NO2. The summed E-state index contributed by atoms with van der Waals surface area (Å²) in [7, 11) is 1.88. The highest BCUT2D eigenvalue weighted by atomic mass is 16.5. The molecule has 2 bridgehead atoms. The molecule has 198 valence electrons. The normalized spacial score (nSPS) is 24.5. The number of carbonyl (C=O) groups is 1. The van der Waals surface area contributed by atoms with Crippen LogP contribution in [0.25, 0.3) is 0 Å². The lowest BCUT2D eigenvalue weighted by Crippen LogP contribution is -2.49. The maximum absolute atomic E-state index is 12.9. The fourth-order valence-electron chi connectivity index (χ4n) is 6.68. The molecule has 3 saturated carbocycles. The number of fused-ring (bicyclic) bond motifs is 3. The van der Waals surface area contributed by atoms with Crippen molar-refractivity contribution >= 4 is 5.78 Å². The maximum Gasteiger partial charge on any atom is 0.141 e. The molecule has 0 amide bonds. The van der Waals surface area contributed by atoms with Gasteiger partial charge in [0.1, 0.15) is 5.78 Å². The smallest absolute Gasteiger partial charge is 0.141 e. The molecular weight excluding hydrogens is 430 g/mol. The molecule has 0 spiro atoms. The van der Waals surface area contributed by atoms with E-state index in [1.54, 1.807) is 0 Å². The van der Waals surface area contributed by atoms with Crippen molar-refractivity contribution in [1.82, 2.24) is 0 Å². The molecule has 1 unspecified atom stereocenters. The van der Waals surface area contributed by atoms with E-state index < -0.39 is 0 Å². The minimum atomic E-state index is 0.0192. The Morgan fingerprint density at radius 3 is 1.83 bits per heavy atom. The molecule has 0 aromatic heterocycles. The largest absolute Gasteiger partial charge is 0.378 e. The number of benzene rings is 1. The van der Waals surface area contributed by atoms with Crippen molar-refractivity contribution in [2.45, 2.75) is 140 Å². The van der Waals surface area contributed by atoms with Gasteiger partial charge in [0, 0.05) is 26.0 Å². The first-order valence-corrected chi connectivity index (χ1v) is 14.9. The average molecular weight is 484 g/mol. The van der Waals surface area contributed by atoms with Gasteiger partial charge in [0.15, 0.2) is 0 Å². The molecule has 3 fully saturated rings. The summed E-state index contributed by atoms with van der Waals surface area (Å²) in [5, 5.41) is 0. The van der Waals surface area contributed by atoms with Gasteiger partial charge in [-0.1, -0.05) is 102 Å². The number of Topliss-reactive ketones (excluding diaryl/α,β-unsaturated/α-hetero) is 1. The molecule has 0 radical (unpaired) electrons. The number of ketones is 1. The van der Waals surface area contributed by atoms with Gasteiger partial charge in [-0.15, -0.1) is 0 Å². The van der Waals surface area contributed by atoms with E-state index in [0.29, 0.717) is 24.2 Å². The van der Waals surface area contributed by atoms with Gasteiger partial charge >= 0.3 is 0 Å². The number of unbranched alkanes of at least 4 members (excludes halogenated alkanes) is 10. The maximum atomic E-state index is 12.9. The molecule has 4 rings (SSSR count). The third kappa shape index (κ3) is 8.15. The summed E-state index contributed by atoms with van der Waals surface area (Å²) in [5.41, 5.74) is 9.10. The quantitative estimate of drug-likeness (QED) is 0.215. The molecule has 3 aliphatic carbocycles. The van der Waals surface area contributed by atoms with E-state index >= 15 is 0 Å². The second-order valence-electron chi connectivity index (χ2n) is 11.8. The van der Waals surface area contributed by atoms with Gasteiger partial charge in [0.05, 0.1) is 5.60 Å². The number of rotatable bonds is 18. The molecule has 0 saturated heterocycles. The summed E-state index contributed by atoms with van der Waals surface area (Å²) in [6, 6.07) is 9.00. The Kier molecular flexibility index (Phi) is 11.8. The number of hydrogen-bond acceptors (Lipinski definition) is 3. The highest BCUT2D eigenvalue weighted by molar-refractivity contribution is 5.83. The van der Waals surface area contributed by atoms with Crippen LogP contribution in [0.5, 0.6) is 0 Å². The molecule has 2 N–H and O–H groups in total. The van der Waals surface area contributed by atoms with Crippen LogP contribution in [-0.4, -0.2) is 25.0 Å². The van der Waals surface area contributed by atoms with Crippen LogP contribution in [-0.2, 0) is 21.4 Å². The van der Waals surface area contributed by atoms with Crippen molar-refractivity contribution in [3.05, 3.63) is 35.4 Å². The number of ether oxygens (including phenoxy) is 1. The SMILES string of the molecule is CCCCCCCCCCCCCC(CN)C(=O)Cc1ccc(C23CCC(OC)(CC2)CC3)cc1. The van der Waals surface area contributed by atoms with Crippen molar-refractivity contribution in [2.24, 2.45) is 11.7 Å². The van der Waals surface area contributed by atoms with E-state index in [4.69, 9.17) is 10.5 Å². The van der Waals surface area contributed by atoms with E-state index in [9.17, 15) is 4.79 Å². The molecule has 3 heteroatoms. The number of hydrogen-bond donors (Lipinski definition) is 1. The van der Waals surface area contributed by atoms with Crippen molar-refractivity contribution in [3.8, 4) is 0 Å². The highest BCUT2D eigenvalue weighted by Crippen LogP contribution is 2.54. The van der Waals surface area contributed by atoms with E-state index in [1.165, 1.54) is 108 Å². The lowest BCUT2D eigenvalue weighted by Gasteiger charge is -2.53. The number of nitrogens with two attached hydrogens (primary N) is 1. The van der Waals surface area contributed by atoms with Crippen LogP contribution >= 0.6 is 0 Å². The lowest BCUT2D eigenvalue weighted by molar-refractivity contribution is -0.122. The van der Waals surface area contributed by atoms with Crippen molar-refractivity contribution < 1.29 is 9.53 Å². The van der Waals surface area contributed by atoms with Crippen LogP contribution in [0.3, 0.4) is 0 Å². The predicted octanol–water partition coefficient (Wildman–Crippen LogP) is 8.07. The number of carbonyl (C=O) groups excluding carboxylic acids is 1. The first-order chi connectivity index (χ1) is 17.1. The Morgan fingerprint density at radius 2 is 1.34 bits per heavy atom. The molecule has 1 aromatic carbocycles. The first kappa shape index (κ1) is 28.4. The van der Waals surface area contributed by atoms with Gasteiger partial charge in [-0.25, -0.2) is 0 Å². The van der Waals surface area contributed by atoms with Crippen LogP contribution < -0.4 is 5.73 Å². The second-order valence-corrected chi connectivity index (χ2v) is 11.8. The summed E-state index contributed by atoms with van der Waals surface area (Å²) in [4.78, 5) is 12.9. The summed E-state index contributed by atoms with van der Waals surface area (Å²) >= 11 is 0. The van der Waals surface area contributed by atoms with Gasteiger partial charge in [0.25, 0.3) is 0 Å². The molecule has 0 heterocycles. The summed E-state index contributed by atoms with van der Waals surface area (Å²) < 4.78 is 5.87. The Hall–Kier alpha value is -1.19. The molecule has 1 aromatic rings. The Morgan fingerprint density at radius 1 is 0.829 bits per heavy atom. The van der Waals surface area contributed by atoms with Crippen LogP contribution in [0, 0.1) is 5.92 Å². The summed E-state index contributed by atoms with van der Waals surface area (Å²) in [6.45, 7) is 2.76. The minimum absolute atomic E-state index is 0.0192. The van der Waals surface area contributed by atoms with Crippen LogP contribution in [0.2, 0.25) is 0 Å². The minimum Gasteiger partial charge on any atom is -0.378 e. The molecule has 35 heavy (non-hydrogen) atoms. The van der Waals surface area contributed by atoms with Crippen LogP contribution in [0.4, 0.5) is 0 Å². The average Bonchev–Trinajstić information content (AvgIpc) is 2.91. The summed E-state index contributed by atoms with van der Waals surface area (Å²) in [5.74, 6) is 0.344. The molecule has 3 aliphatic rings. The zero-order valence-electron chi connectivity index (χ0n) is 22.9. The van der Waals surface area contributed by atoms with E-state index in [2.05, 4.69) is 31.2 Å². The highest BCUT2D eigenvalue weighted by Gasteiger charge is 2.49. The monoisotopic (exact) mass is 483 g/mol. The second kappa shape index (κ2) is 14.5. The first-order valence-electron chi connectivity index (χ1n) is 14.9. The van der Waals surface area contributed by atoms with Gasteiger partial charge in [-0.2, -0.15) is 0 Å². The van der Waals surface area contributed by atoms with E-state index in [1.807, 2.05) is 7.11 Å². The van der Waals surface area contributed by atoms with Crippen LogP contribution in [0.1, 0.15) is 134 Å². The Balaban J connectivity index is 1.33. The molecule has 3 nitrogen and oxygen atoms in total. The van der Waals surface area contributed by atoms with E-state index in [0.717, 1.165) is 18.4 Å². The predicted molar refractivity (Wildman–Crippen MR) is 148 cm³/mol. The van der Waals surface area contributed by atoms with Crippen LogP contribution in [0.15, 0.2) is 24.3 Å². The van der Waals surface area contributed by atoms with Gasteiger partial charge in [0.2, 0.25) is 0 Å². The Labute approximate surface area is 216 Å². The van der Waals surface area contributed by atoms with Crippen molar-refractivity contribution in [3.63, 3.8) is 0 Å². The summed E-state index contributed by atoms with van der Waals surface area (Å²) in [6.07, 6.45) is 23.4. The third-order valence-electron chi connectivity index (χ3n) is 9.45.